The summed E-state index contributed by atoms with van der Waals surface area (Å²) < 4.78 is 0. The second-order valence-electron chi connectivity index (χ2n) is 17.8. The minimum absolute atomic E-state index is 0.0429. The lowest BCUT2D eigenvalue weighted by atomic mass is 10.0. The molecule has 0 aromatic heterocycles. The van der Waals surface area contributed by atoms with Gasteiger partial charge in [0.1, 0.15) is 0 Å². The van der Waals surface area contributed by atoms with E-state index in [1.165, 1.54) is 231 Å². The van der Waals surface area contributed by atoms with Gasteiger partial charge in [0.15, 0.2) is 0 Å². The number of nitrogens with one attached hydrogen (secondary N) is 1. The summed E-state index contributed by atoms with van der Waals surface area (Å²) in [4.78, 5) is 12.5. The van der Waals surface area contributed by atoms with E-state index in [9.17, 15) is 20.1 Å². The monoisotopic (exact) mass is 780 g/mol. The van der Waals surface area contributed by atoms with Crippen molar-refractivity contribution in [1.29, 1.82) is 0 Å². The molecule has 0 bridgehead atoms. The number of hydrogen-bond acceptors (Lipinski definition) is 4. The van der Waals surface area contributed by atoms with Crippen LogP contribution in [0.1, 0.15) is 290 Å². The van der Waals surface area contributed by atoms with E-state index in [0.29, 0.717) is 12.8 Å². The molecule has 0 saturated carbocycles. The lowest BCUT2D eigenvalue weighted by molar-refractivity contribution is -0.125. The van der Waals surface area contributed by atoms with E-state index in [2.05, 4.69) is 19.2 Å². The Balaban J connectivity index is 3.44. The average Bonchev–Trinajstić information content (AvgIpc) is 3.18. The highest BCUT2D eigenvalue weighted by Gasteiger charge is 2.21. The summed E-state index contributed by atoms with van der Waals surface area (Å²) >= 11 is 0. The molecule has 0 aromatic rings. The van der Waals surface area contributed by atoms with Crippen LogP contribution in [0.25, 0.3) is 0 Å². The zero-order valence-electron chi connectivity index (χ0n) is 37.6. The number of hydrogen-bond donors (Lipinski definition) is 4. The molecular weight excluding hydrogens is 679 g/mol. The highest BCUT2D eigenvalue weighted by molar-refractivity contribution is 5.76. The molecule has 0 aliphatic rings. The van der Waals surface area contributed by atoms with Crippen molar-refractivity contribution >= 4 is 5.91 Å². The third-order valence-electron chi connectivity index (χ3n) is 12.2. The molecule has 3 unspecified atom stereocenters. The molecule has 0 heterocycles. The van der Waals surface area contributed by atoms with Crippen LogP contribution in [0.2, 0.25) is 0 Å². The fourth-order valence-corrected chi connectivity index (χ4v) is 8.29. The van der Waals surface area contributed by atoms with Gasteiger partial charge in [-0.05, 0) is 12.8 Å². The maximum absolute atomic E-state index is 12.5. The van der Waals surface area contributed by atoms with Crippen LogP contribution >= 0.6 is 0 Å². The Hall–Kier alpha value is -0.650. The number of aliphatic hydroxyl groups excluding tert-OH is 3. The molecular formula is C50H101NO4. The van der Waals surface area contributed by atoms with Crippen molar-refractivity contribution in [2.24, 2.45) is 0 Å². The molecule has 55 heavy (non-hydrogen) atoms. The van der Waals surface area contributed by atoms with Gasteiger partial charge in [-0.15, -0.1) is 0 Å². The number of carbonyl (C=O) groups is 1. The largest absolute Gasteiger partial charge is 0.394 e. The normalized spacial score (nSPS) is 13.3. The summed E-state index contributed by atoms with van der Waals surface area (Å²) in [6.07, 6.45) is 54.0. The summed E-state index contributed by atoms with van der Waals surface area (Å²) in [6, 6.07) is -0.652. The summed E-state index contributed by atoms with van der Waals surface area (Å²) in [6.45, 7) is 4.28. The van der Waals surface area contributed by atoms with Crippen molar-refractivity contribution in [1.82, 2.24) is 5.32 Å². The van der Waals surface area contributed by atoms with Gasteiger partial charge in [0.05, 0.1) is 31.3 Å². The molecule has 330 valence electrons. The highest BCUT2D eigenvalue weighted by atomic mass is 16.3. The Morgan fingerprint density at radius 2 is 0.618 bits per heavy atom. The number of carbonyl (C=O) groups excluding carboxylic acids is 1. The number of amides is 1. The zero-order chi connectivity index (χ0) is 40.1. The molecule has 3 atom stereocenters. The van der Waals surface area contributed by atoms with Crippen LogP contribution in [0.5, 0.6) is 0 Å². The number of unbranched alkanes of at least 4 members (excludes halogenated alkanes) is 38. The molecule has 0 aromatic carbocycles. The van der Waals surface area contributed by atoms with Crippen LogP contribution in [0.3, 0.4) is 0 Å². The van der Waals surface area contributed by atoms with Gasteiger partial charge in [-0.3, -0.25) is 4.79 Å². The molecule has 4 N–H and O–H groups in total. The van der Waals surface area contributed by atoms with E-state index < -0.39 is 18.2 Å². The Labute approximate surface area is 345 Å². The fraction of sp³-hybridized carbons (Fsp3) is 0.980. The smallest absolute Gasteiger partial charge is 0.222 e. The van der Waals surface area contributed by atoms with Crippen molar-refractivity contribution in [2.75, 3.05) is 6.61 Å². The molecule has 1 amide bonds. The van der Waals surface area contributed by atoms with E-state index >= 15 is 0 Å². The first-order valence-corrected chi connectivity index (χ1v) is 25.3. The molecule has 0 aliphatic carbocycles. The predicted molar refractivity (Wildman–Crippen MR) is 241 cm³/mol. The molecule has 0 radical (unpaired) electrons. The van der Waals surface area contributed by atoms with Crippen molar-refractivity contribution in [3.8, 4) is 0 Å². The van der Waals surface area contributed by atoms with Gasteiger partial charge >= 0.3 is 0 Å². The molecule has 0 aliphatic heterocycles. The van der Waals surface area contributed by atoms with Gasteiger partial charge in [0.25, 0.3) is 0 Å². The van der Waals surface area contributed by atoms with Gasteiger partial charge < -0.3 is 20.6 Å². The van der Waals surface area contributed by atoms with Crippen LogP contribution in [0, 0.1) is 0 Å². The molecule has 5 nitrogen and oxygen atoms in total. The SMILES string of the molecule is CCCCCCCCCCCCCCCCCCCCCCCCCCCCCCCC(O)CC(=O)NC(CO)C(O)CCCCCCCCCCCCC. The zero-order valence-corrected chi connectivity index (χ0v) is 37.6. The maximum Gasteiger partial charge on any atom is 0.222 e. The van der Waals surface area contributed by atoms with Gasteiger partial charge in [-0.1, -0.05) is 271 Å². The van der Waals surface area contributed by atoms with Crippen LogP contribution in [-0.2, 0) is 4.79 Å². The Morgan fingerprint density at radius 1 is 0.382 bits per heavy atom. The van der Waals surface area contributed by atoms with Crippen molar-refractivity contribution in [3.05, 3.63) is 0 Å². The quantitative estimate of drug-likeness (QED) is 0.0463. The van der Waals surface area contributed by atoms with Gasteiger partial charge in [0, 0.05) is 0 Å². The van der Waals surface area contributed by atoms with Crippen LogP contribution in [-0.4, -0.2) is 46.1 Å². The van der Waals surface area contributed by atoms with Gasteiger partial charge in [-0.2, -0.15) is 0 Å². The van der Waals surface area contributed by atoms with E-state index in [4.69, 9.17) is 0 Å². The first kappa shape index (κ1) is 54.3. The lowest BCUT2D eigenvalue weighted by Crippen LogP contribution is -2.46. The fourth-order valence-electron chi connectivity index (χ4n) is 8.29. The van der Waals surface area contributed by atoms with E-state index in [0.717, 1.165) is 25.7 Å². The van der Waals surface area contributed by atoms with Crippen LogP contribution in [0.4, 0.5) is 0 Å². The minimum atomic E-state index is -0.743. The Bertz CT molecular complexity index is 733. The third-order valence-corrected chi connectivity index (χ3v) is 12.2. The Kier molecular flexibility index (Phi) is 45.5. The number of rotatable bonds is 47. The molecule has 0 rings (SSSR count). The molecule has 0 saturated heterocycles. The maximum atomic E-state index is 12.5. The first-order chi connectivity index (χ1) is 27.0. The van der Waals surface area contributed by atoms with Crippen molar-refractivity contribution in [2.45, 2.75) is 308 Å². The minimum Gasteiger partial charge on any atom is -0.394 e. The van der Waals surface area contributed by atoms with Crippen molar-refractivity contribution < 1.29 is 20.1 Å². The van der Waals surface area contributed by atoms with E-state index in [1.54, 1.807) is 0 Å². The van der Waals surface area contributed by atoms with Crippen LogP contribution < -0.4 is 5.32 Å². The van der Waals surface area contributed by atoms with E-state index in [1.807, 2.05) is 0 Å². The topological polar surface area (TPSA) is 89.8 Å². The number of aliphatic hydroxyl groups is 3. The third kappa shape index (κ3) is 42.8. The second-order valence-corrected chi connectivity index (χ2v) is 17.8. The lowest BCUT2D eigenvalue weighted by Gasteiger charge is -2.23. The Morgan fingerprint density at radius 3 is 0.873 bits per heavy atom. The summed E-state index contributed by atoms with van der Waals surface area (Å²) in [7, 11) is 0. The standard InChI is InChI=1S/C50H101NO4/c1-3-5-7-9-11-13-15-16-17-18-19-20-21-22-23-24-25-26-27-28-29-30-31-32-34-35-37-39-41-43-47(53)45-50(55)51-48(46-52)49(54)44-42-40-38-36-33-14-12-10-8-6-4-2/h47-49,52-54H,3-46H2,1-2H3,(H,51,55). The summed E-state index contributed by atoms with van der Waals surface area (Å²) in [5, 5.41) is 33.4. The van der Waals surface area contributed by atoms with Gasteiger partial charge in [0.2, 0.25) is 5.91 Å². The summed E-state index contributed by atoms with van der Waals surface area (Å²) in [5.74, 6) is -0.278. The molecule has 5 heteroatoms. The van der Waals surface area contributed by atoms with E-state index in [-0.39, 0.29) is 18.9 Å². The van der Waals surface area contributed by atoms with Gasteiger partial charge in [-0.25, -0.2) is 0 Å². The molecule has 0 spiro atoms. The average molecular weight is 780 g/mol. The second kappa shape index (κ2) is 46.0. The first-order valence-electron chi connectivity index (χ1n) is 25.3. The predicted octanol–water partition coefficient (Wildman–Crippen LogP) is 15.0. The van der Waals surface area contributed by atoms with Crippen molar-refractivity contribution in [3.63, 3.8) is 0 Å². The highest BCUT2D eigenvalue weighted by Crippen LogP contribution is 2.18. The summed E-state index contributed by atoms with van der Waals surface area (Å²) in [5.41, 5.74) is 0. The molecule has 0 fully saturated rings. The van der Waals surface area contributed by atoms with Crippen LogP contribution in [0.15, 0.2) is 0 Å².